The number of rotatable bonds is 9. The molecule has 5 aliphatic rings. The van der Waals surface area contributed by atoms with Crippen LogP contribution in [-0.4, -0.2) is 107 Å². The van der Waals surface area contributed by atoms with Gasteiger partial charge in [-0.3, -0.25) is 29.0 Å². The van der Waals surface area contributed by atoms with Crippen molar-refractivity contribution >= 4 is 46.7 Å². The highest BCUT2D eigenvalue weighted by Gasteiger charge is 2.45. The summed E-state index contributed by atoms with van der Waals surface area (Å²) in [5.74, 6) is -0.604. The Morgan fingerprint density at radius 1 is 0.931 bits per heavy atom. The minimum atomic E-state index is -0.944. The monoisotopic (exact) mass is 809 g/mol. The van der Waals surface area contributed by atoms with E-state index in [0.29, 0.717) is 53.1 Å². The van der Waals surface area contributed by atoms with Crippen molar-refractivity contribution in [1.82, 2.24) is 30.4 Å². The molecule has 302 valence electrons. The zero-order valence-electron chi connectivity index (χ0n) is 32.1. The van der Waals surface area contributed by atoms with Crippen molar-refractivity contribution in [2.75, 3.05) is 55.6 Å². The number of amides is 4. The predicted octanol–water partition coefficient (Wildman–Crippen LogP) is 4.69. The van der Waals surface area contributed by atoms with Crippen LogP contribution in [0.2, 0.25) is 5.02 Å². The molecular formula is C42H45ClFN9O5. The molecule has 1 aromatic heterocycles. The van der Waals surface area contributed by atoms with Crippen molar-refractivity contribution in [2.24, 2.45) is 5.92 Å². The van der Waals surface area contributed by atoms with Gasteiger partial charge in [0.25, 0.3) is 17.7 Å². The minimum absolute atomic E-state index is 0.00813. The first-order valence-electron chi connectivity index (χ1n) is 20.0. The van der Waals surface area contributed by atoms with E-state index < -0.39 is 29.6 Å². The van der Waals surface area contributed by atoms with E-state index in [-0.39, 0.29) is 41.3 Å². The van der Waals surface area contributed by atoms with Crippen molar-refractivity contribution in [1.29, 1.82) is 5.26 Å². The van der Waals surface area contributed by atoms with Crippen molar-refractivity contribution in [2.45, 2.75) is 69.6 Å². The summed E-state index contributed by atoms with van der Waals surface area (Å²) in [6, 6.07) is 8.80. The number of hydrogen-bond donors (Lipinski definition) is 2. The number of nitriles is 1. The standard InChI is InChI=1S/C42H45ClFN9O5/c1-25-2-9-36(40(55)48-25)53-41(56)31-19-34(44)37(20-32(31)42(53)57)51-16-14-50(15-17-51)24-26-10-12-52(13-11-26)38-23-46-35(22-47-38)39(54)49-28-4-7-29(8-5-28)58-30-6-3-27(21-45)33(43)18-30/h3,6,18-20,22-23,26,28-29,36H,1-2,4-5,7-17,24H2,(H,48,55)(H,49,54)/t28-,29-,36?. The number of nitrogens with one attached hydrogen (secondary N) is 2. The second kappa shape index (κ2) is 16.7. The maximum Gasteiger partial charge on any atom is 0.271 e. The average molecular weight is 810 g/mol. The number of aromatic nitrogens is 2. The van der Waals surface area contributed by atoms with Crippen LogP contribution >= 0.6 is 11.6 Å². The minimum Gasteiger partial charge on any atom is -0.490 e. The summed E-state index contributed by atoms with van der Waals surface area (Å²) < 4.78 is 21.5. The largest absolute Gasteiger partial charge is 0.490 e. The van der Waals surface area contributed by atoms with Gasteiger partial charge in [-0.15, -0.1) is 0 Å². The summed E-state index contributed by atoms with van der Waals surface area (Å²) in [5, 5.41) is 15.2. The number of fused-ring (bicyclic) bond motifs is 1. The molecule has 0 bridgehead atoms. The number of nitrogens with zero attached hydrogens (tertiary/aromatic N) is 7. The van der Waals surface area contributed by atoms with Crippen LogP contribution < -0.4 is 25.2 Å². The average Bonchev–Trinajstić information content (AvgIpc) is 3.46. The molecule has 16 heteroatoms. The maximum absolute atomic E-state index is 15.4. The highest BCUT2D eigenvalue weighted by Crippen LogP contribution is 2.34. The van der Waals surface area contributed by atoms with Crippen LogP contribution in [0.5, 0.6) is 5.75 Å². The van der Waals surface area contributed by atoms with Gasteiger partial charge in [0, 0.05) is 63.6 Å². The topological polar surface area (TPSA) is 164 Å². The van der Waals surface area contributed by atoms with Crippen molar-refractivity contribution < 1.29 is 28.3 Å². The number of carbonyl (C=O) groups excluding carboxylic acids is 4. The van der Waals surface area contributed by atoms with E-state index in [2.05, 4.69) is 37.0 Å². The molecule has 0 spiro atoms. The van der Waals surface area contributed by atoms with Gasteiger partial charge in [-0.05, 0) is 81.5 Å². The van der Waals surface area contributed by atoms with Gasteiger partial charge in [-0.2, -0.15) is 5.26 Å². The Morgan fingerprint density at radius 2 is 1.66 bits per heavy atom. The molecule has 1 aliphatic carbocycles. The Labute approximate surface area is 341 Å². The first-order valence-corrected chi connectivity index (χ1v) is 20.3. The van der Waals surface area contributed by atoms with Gasteiger partial charge >= 0.3 is 0 Å². The number of anilines is 2. The van der Waals surface area contributed by atoms with E-state index in [1.54, 1.807) is 30.6 Å². The smallest absolute Gasteiger partial charge is 0.271 e. The lowest BCUT2D eigenvalue weighted by molar-refractivity contribution is -0.125. The fourth-order valence-corrected chi connectivity index (χ4v) is 8.93. The third-order valence-corrected chi connectivity index (χ3v) is 12.3. The summed E-state index contributed by atoms with van der Waals surface area (Å²) >= 11 is 6.14. The van der Waals surface area contributed by atoms with E-state index in [1.807, 2.05) is 11.0 Å². The quantitative estimate of drug-likeness (QED) is 0.289. The van der Waals surface area contributed by atoms with Crippen molar-refractivity contribution in [3.8, 4) is 11.8 Å². The number of benzene rings is 2. The highest BCUT2D eigenvalue weighted by atomic mass is 35.5. The van der Waals surface area contributed by atoms with Crippen LogP contribution in [0, 0.1) is 23.1 Å². The third-order valence-electron chi connectivity index (χ3n) is 12.0. The Bertz CT molecular complexity index is 2160. The molecule has 4 aliphatic heterocycles. The van der Waals surface area contributed by atoms with Crippen molar-refractivity contribution in [3.63, 3.8) is 0 Å². The second-order valence-corrected chi connectivity index (χ2v) is 16.2. The molecule has 1 atom stereocenters. The predicted molar refractivity (Wildman–Crippen MR) is 213 cm³/mol. The molecule has 0 radical (unpaired) electrons. The third kappa shape index (κ3) is 8.21. The summed E-state index contributed by atoms with van der Waals surface area (Å²) in [6.07, 6.45) is 9.04. The number of piperidine rings is 2. The normalized spacial score (nSPS) is 23.1. The number of hydrogen-bond acceptors (Lipinski definition) is 11. The molecule has 2 N–H and O–H groups in total. The summed E-state index contributed by atoms with van der Waals surface area (Å²) in [7, 11) is 0. The summed E-state index contributed by atoms with van der Waals surface area (Å²) in [5.41, 5.74) is 1.65. The lowest BCUT2D eigenvalue weighted by Crippen LogP contribution is -2.51. The zero-order valence-corrected chi connectivity index (χ0v) is 32.8. The van der Waals surface area contributed by atoms with Crippen LogP contribution in [0.25, 0.3) is 0 Å². The maximum atomic E-state index is 15.4. The molecule has 3 aromatic rings. The Kier molecular flexibility index (Phi) is 11.3. The lowest BCUT2D eigenvalue weighted by atomic mass is 9.93. The molecule has 5 heterocycles. The molecule has 4 fully saturated rings. The first-order chi connectivity index (χ1) is 28.0. The first kappa shape index (κ1) is 39.2. The fraction of sp³-hybridized carbons (Fsp3) is 0.452. The molecule has 2 aromatic carbocycles. The van der Waals surface area contributed by atoms with Gasteiger partial charge in [0.1, 0.15) is 35.2 Å². The number of imide groups is 1. The van der Waals surface area contributed by atoms with E-state index in [0.717, 1.165) is 88.0 Å². The lowest BCUT2D eigenvalue weighted by Gasteiger charge is -2.40. The number of halogens is 2. The molecule has 58 heavy (non-hydrogen) atoms. The second-order valence-electron chi connectivity index (χ2n) is 15.8. The molecule has 4 amide bonds. The number of carbonyl (C=O) groups is 4. The van der Waals surface area contributed by atoms with Crippen LogP contribution in [0.15, 0.2) is 55.0 Å². The van der Waals surface area contributed by atoms with Crippen molar-refractivity contribution in [3.05, 3.63) is 88.2 Å². The van der Waals surface area contributed by atoms with E-state index >= 15 is 4.39 Å². The van der Waals surface area contributed by atoms with Gasteiger partial charge in [-0.25, -0.2) is 14.4 Å². The molecule has 1 unspecified atom stereocenters. The van der Waals surface area contributed by atoms with Crippen LogP contribution in [0.3, 0.4) is 0 Å². The number of piperazine rings is 1. The highest BCUT2D eigenvalue weighted by molar-refractivity contribution is 6.31. The molecule has 3 saturated heterocycles. The van der Waals surface area contributed by atoms with Crippen LogP contribution in [-0.2, 0) is 4.79 Å². The van der Waals surface area contributed by atoms with Gasteiger partial charge < -0.3 is 25.2 Å². The van der Waals surface area contributed by atoms with Gasteiger partial charge in [0.15, 0.2) is 0 Å². The molecule has 8 rings (SSSR count). The molecule has 14 nitrogen and oxygen atoms in total. The molecular weight excluding hydrogens is 765 g/mol. The van der Waals surface area contributed by atoms with Gasteiger partial charge in [0.05, 0.1) is 45.9 Å². The van der Waals surface area contributed by atoms with Crippen LogP contribution in [0.1, 0.15) is 88.1 Å². The Hall–Kier alpha value is -5.59. The van der Waals surface area contributed by atoms with Gasteiger partial charge in [-0.1, -0.05) is 18.2 Å². The fourth-order valence-electron chi connectivity index (χ4n) is 8.72. The van der Waals surface area contributed by atoms with Crippen LogP contribution in [0.4, 0.5) is 15.9 Å². The Morgan fingerprint density at radius 3 is 2.31 bits per heavy atom. The number of allylic oxidation sites excluding steroid dienone is 1. The zero-order chi connectivity index (χ0) is 40.5. The van der Waals surface area contributed by atoms with E-state index in [4.69, 9.17) is 21.6 Å². The molecule has 1 saturated carbocycles. The SMILES string of the molecule is C=C1CCC(N2C(=O)c3cc(F)c(N4CCN(CC5CCN(c6cnc(C(=O)N[C@H]7CC[C@H](Oc8ccc(C#N)c(Cl)c8)CC7)cn6)CC5)CC4)cc3C2=O)C(=O)N1. The summed E-state index contributed by atoms with van der Waals surface area (Å²) in [4.78, 5) is 68.6. The number of ether oxygens (including phenoxy) is 1. The Balaban J connectivity index is 0.764. The van der Waals surface area contributed by atoms with Gasteiger partial charge in [0.2, 0.25) is 5.91 Å². The summed E-state index contributed by atoms with van der Waals surface area (Å²) in [6.45, 7) is 8.96. The van der Waals surface area contributed by atoms with E-state index in [1.165, 1.54) is 6.07 Å². The van der Waals surface area contributed by atoms with E-state index in [9.17, 15) is 19.2 Å².